The summed E-state index contributed by atoms with van der Waals surface area (Å²) in [7, 11) is 0. The standard InChI is InChI=1S/C19H22N6O5S/c1-2-11(30-17(27)10-6-4-3-5-7-10)12-8-9-13(29-12)25-15-14(31-19(25)28)16(26)22-18(21-15)23-24-20/h3-7,11-13,18,21H,2,8-9H2,1H3,(H2,20,23)(H,22,26)/t11?,12-,13+,18?/m0/s1. The van der Waals surface area contributed by atoms with Crippen LogP contribution in [0.1, 0.15) is 52.4 Å². The number of carbonyl (C=O) groups is 2. The minimum atomic E-state index is -0.877. The van der Waals surface area contributed by atoms with Crippen LogP contribution in [0.3, 0.4) is 0 Å². The van der Waals surface area contributed by atoms with E-state index in [0.717, 1.165) is 11.3 Å². The van der Waals surface area contributed by atoms with Crippen molar-refractivity contribution in [3.05, 3.63) is 50.4 Å². The van der Waals surface area contributed by atoms with Gasteiger partial charge in [-0.15, -0.1) is 5.11 Å². The van der Waals surface area contributed by atoms with Crippen LogP contribution >= 0.6 is 11.3 Å². The Kier molecular flexibility index (Phi) is 6.00. The highest BCUT2D eigenvalue weighted by atomic mass is 32.1. The van der Waals surface area contributed by atoms with E-state index in [-0.39, 0.29) is 15.9 Å². The lowest BCUT2D eigenvalue weighted by Crippen LogP contribution is -2.44. The van der Waals surface area contributed by atoms with E-state index >= 15 is 0 Å². The van der Waals surface area contributed by atoms with Gasteiger partial charge in [0.1, 0.15) is 23.0 Å². The molecular formula is C19H22N6O5S. The number of thiazole rings is 1. The Labute approximate surface area is 181 Å². The molecule has 4 rings (SSSR count). The number of hydrogen-bond acceptors (Lipinski definition) is 9. The summed E-state index contributed by atoms with van der Waals surface area (Å²) >= 11 is 0.819. The maximum atomic E-state index is 12.6. The first-order valence-corrected chi connectivity index (χ1v) is 10.7. The molecular weight excluding hydrogens is 424 g/mol. The molecule has 2 aliphatic rings. The van der Waals surface area contributed by atoms with Crippen LogP contribution < -0.4 is 21.3 Å². The summed E-state index contributed by atoms with van der Waals surface area (Å²) in [6.07, 6.45) is -0.625. The van der Waals surface area contributed by atoms with Crippen LogP contribution in [0.25, 0.3) is 0 Å². The van der Waals surface area contributed by atoms with Crippen molar-refractivity contribution in [3.63, 3.8) is 0 Å². The zero-order valence-corrected chi connectivity index (χ0v) is 17.5. The number of anilines is 1. The van der Waals surface area contributed by atoms with Gasteiger partial charge in [0.2, 0.25) is 6.29 Å². The Balaban J connectivity index is 1.51. The van der Waals surface area contributed by atoms with Gasteiger partial charge in [-0.1, -0.05) is 41.7 Å². The third-order valence-corrected chi connectivity index (χ3v) is 6.13. The number of fused-ring (bicyclic) bond motifs is 1. The highest BCUT2D eigenvalue weighted by Gasteiger charge is 2.38. The molecule has 4 N–H and O–H groups in total. The average Bonchev–Trinajstić information content (AvgIpc) is 3.37. The molecule has 1 fully saturated rings. The third-order valence-electron chi connectivity index (χ3n) is 5.17. The van der Waals surface area contributed by atoms with Crippen LogP contribution in [0.4, 0.5) is 5.82 Å². The largest absolute Gasteiger partial charge is 0.456 e. The maximum Gasteiger partial charge on any atom is 0.338 e. The summed E-state index contributed by atoms with van der Waals surface area (Å²) in [6.45, 7) is 1.91. The summed E-state index contributed by atoms with van der Waals surface area (Å²) in [5.74, 6) is 4.53. The minimum absolute atomic E-state index is 0.239. The van der Waals surface area contributed by atoms with Crippen molar-refractivity contribution in [3.8, 4) is 0 Å². The van der Waals surface area contributed by atoms with Crippen LogP contribution in [0.2, 0.25) is 0 Å². The van der Waals surface area contributed by atoms with Crippen LogP contribution in [0.5, 0.6) is 0 Å². The lowest BCUT2D eigenvalue weighted by Gasteiger charge is -2.26. The molecule has 4 atom stereocenters. The number of benzene rings is 1. The quantitative estimate of drug-likeness (QED) is 0.266. The molecule has 164 valence electrons. The van der Waals surface area contributed by atoms with Crippen molar-refractivity contribution >= 4 is 29.0 Å². The van der Waals surface area contributed by atoms with E-state index < -0.39 is 30.5 Å². The molecule has 0 saturated carbocycles. The third kappa shape index (κ3) is 4.16. The van der Waals surface area contributed by atoms with E-state index in [1.807, 2.05) is 13.0 Å². The summed E-state index contributed by atoms with van der Waals surface area (Å²) in [5.41, 5.74) is 0.467. The molecule has 12 heteroatoms. The monoisotopic (exact) mass is 446 g/mol. The normalized spacial score (nSPS) is 23.8. The van der Waals surface area contributed by atoms with E-state index in [1.165, 1.54) is 4.57 Å². The number of carbonyl (C=O) groups excluding carboxylic acids is 2. The molecule has 31 heavy (non-hydrogen) atoms. The number of amides is 1. The first-order valence-electron chi connectivity index (χ1n) is 9.86. The lowest BCUT2D eigenvalue weighted by atomic mass is 10.1. The zero-order valence-electron chi connectivity index (χ0n) is 16.7. The Morgan fingerprint density at radius 2 is 2.10 bits per heavy atom. The van der Waals surface area contributed by atoms with E-state index in [4.69, 9.17) is 15.3 Å². The maximum absolute atomic E-state index is 12.6. The van der Waals surface area contributed by atoms with Crippen LogP contribution in [-0.4, -0.2) is 34.9 Å². The fraction of sp³-hybridized carbons (Fsp3) is 0.421. The molecule has 0 spiro atoms. The van der Waals surface area contributed by atoms with Gasteiger partial charge in [0, 0.05) is 0 Å². The SMILES string of the molecule is CCC(OC(=O)c1ccccc1)[C@@H]1CC[C@H](n2c3c(sc2=O)C(=O)NC(N=NN)N3)O1. The van der Waals surface area contributed by atoms with Gasteiger partial charge >= 0.3 is 10.8 Å². The molecule has 0 aliphatic carbocycles. The number of aromatic nitrogens is 1. The van der Waals surface area contributed by atoms with E-state index in [9.17, 15) is 14.4 Å². The van der Waals surface area contributed by atoms with Gasteiger partial charge in [-0.2, -0.15) is 0 Å². The topological polar surface area (TPSA) is 149 Å². The van der Waals surface area contributed by atoms with E-state index in [0.29, 0.717) is 30.6 Å². The van der Waals surface area contributed by atoms with Crippen molar-refractivity contribution in [2.75, 3.05) is 5.32 Å². The van der Waals surface area contributed by atoms with Gasteiger partial charge in [0.25, 0.3) is 5.91 Å². The Hall–Kier alpha value is -3.25. The molecule has 2 aliphatic heterocycles. The second-order valence-electron chi connectivity index (χ2n) is 7.09. The second kappa shape index (κ2) is 8.86. The predicted octanol–water partition coefficient (Wildman–Crippen LogP) is 1.99. The Bertz CT molecular complexity index is 1050. The summed E-state index contributed by atoms with van der Waals surface area (Å²) < 4.78 is 13.2. The van der Waals surface area contributed by atoms with Crippen molar-refractivity contribution in [1.29, 1.82) is 0 Å². The first-order chi connectivity index (χ1) is 15.0. The van der Waals surface area contributed by atoms with Crippen molar-refractivity contribution in [2.24, 2.45) is 16.2 Å². The van der Waals surface area contributed by atoms with Crippen molar-refractivity contribution < 1.29 is 19.1 Å². The summed E-state index contributed by atoms with van der Waals surface area (Å²) in [5, 5.41) is 12.4. The number of rotatable bonds is 6. The number of nitrogens with one attached hydrogen (secondary N) is 2. The van der Waals surface area contributed by atoms with Gasteiger partial charge in [-0.3, -0.25) is 14.2 Å². The van der Waals surface area contributed by atoms with Gasteiger partial charge in [-0.05, 0) is 31.4 Å². The Morgan fingerprint density at radius 3 is 2.81 bits per heavy atom. The molecule has 2 aromatic rings. The molecule has 0 radical (unpaired) electrons. The predicted molar refractivity (Wildman–Crippen MR) is 112 cm³/mol. The second-order valence-corrected chi connectivity index (χ2v) is 8.05. The highest BCUT2D eigenvalue weighted by molar-refractivity contribution is 7.12. The van der Waals surface area contributed by atoms with Gasteiger partial charge in [-0.25, -0.2) is 4.79 Å². The number of ether oxygens (including phenoxy) is 2. The van der Waals surface area contributed by atoms with E-state index in [1.54, 1.807) is 24.3 Å². The van der Waals surface area contributed by atoms with Crippen LogP contribution in [-0.2, 0) is 9.47 Å². The molecule has 1 saturated heterocycles. The molecule has 1 amide bonds. The first kappa shape index (κ1) is 21.0. The number of hydrogen-bond donors (Lipinski definition) is 3. The molecule has 3 heterocycles. The van der Waals surface area contributed by atoms with Crippen LogP contribution in [0, 0.1) is 0 Å². The smallest absolute Gasteiger partial charge is 0.338 e. The molecule has 0 bridgehead atoms. The van der Waals surface area contributed by atoms with Gasteiger partial charge < -0.3 is 25.9 Å². The van der Waals surface area contributed by atoms with E-state index in [2.05, 4.69) is 21.0 Å². The average molecular weight is 446 g/mol. The fourth-order valence-corrected chi connectivity index (χ4v) is 4.61. The van der Waals surface area contributed by atoms with Crippen LogP contribution in [0.15, 0.2) is 45.5 Å². The van der Waals surface area contributed by atoms with Gasteiger partial charge in [0.05, 0.1) is 11.7 Å². The summed E-state index contributed by atoms with van der Waals surface area (Å²) in [4.78, 5) is 37.3. The lowest BCUT2D eigenvalue weighted by molar-refractivity contribution is -0.0696. The number of esters is 1. The fourth-order valence-electron chi connectivity index (χ4n) is 3.73. The molecule has 2 unspecified atom stereocenters. The van der Waals surface area contributed by atoms with Gasteiger partial charge in [0.15, 0.2) is 0 Å². The number of nitrogens with zero attached hydrogens (tertiary/aromatic N) is 3. The van der Waals surface area contributed by atoms with Crippen molar-refractivity contribution in [1.82, 2.24) is 9.88 Å². The highest BCUT2D eigenvalue weighted by Crippen LogP contribution is 2.36. The molecule has 1 aromatic carbocycles. The summed E-state index contributed by atoms with van der Waals surface area (Å²) in [6, 6.07) is 8.75. The number of nitrogens with two attached hydrogens (primary N) is 1. The zero-order chi connectivity index (χ0) is 22.0. The Morgan fingerprint density at radius 1 is 1.32 bits per heavy atom. The van der Waals surface area contributed by atoms with Crippen molar-refractivity contribution in [2.45, 2.75) is 50.9 Å². The molecule has 1 aromatic heterocycles. The minimum Gasteiger partial charge on any atom is -0.456 e. The molecule has 11 nitrogen and oxygen atoms in total.